The fraction of sp³-hybridized carbons (Fsp3) is 0.267. The molecule has 0 aliphatic rings. The van der Waals surface area contributed by atoms with Crippen molar-refractivity contribution in [3.63, 3.8) is 0 Å². The monoisotopic (exact) mass is 259 g/mol. The Bertz CT molecular complexity index is 574. The molecule has 0 fully saturated rings. The molecular formula is C15H17NO3. The van der Waals surface area contributed by atoms with Crippen LogP contribution in [0.3, 0.4) is 0 Å². The molecule has 2 rings (SSSR count). The van der Waals surface area contributed by atoms with Gasteiger partial charge in [-0.15, -0.1) is 0 Å². The highest BCUT2D eigenvalue weighted by atomic mass is 16.5. The van der Waals surface area contributed by atoms with Crippen LogP contribution >= 0.6 is 0 Å². The van der Waals surface area contributed by atoms with E-state index in [0.717, 1.165) is 11.5 Å². The van der Waals surface area contributed by atoms with Crippen molar-refractivity contribution in [1.82, 2.24) is 4.90 Å². The van der Waals surface area contributed by atoms with Gasteiger partial charge >= 0.3 is 0 Å². The molecule has 19 heavy (non-hydrogen) atoms. The first-order chi connectivity index (χ1) is 9.10. The van der Waals surface area contributed by atoms with E-state index in [9.17, 15) is 4.79 Å². The zero-order valence-electron chi connectivity index (χ0n) is 11.3. The molecule has 0 unspecified atom stereocenters. The fourth-order valence-corrected chi connectivity index (χ4v) is 1.85. The molecule has 4 heteroatoms. The molecule has 0 atom stereocenters. The lowest BCUT2D eigenvalue weighted by molar-refractivity contribution is 0.0774. The van der Waals surface area contributed by atoms with E-state index in [4.69, 9.17) is 9.15 Å². The molecule has 0 aliphatic heterocycles. The Morgan fingerprint density at radius 1 is 1.32 bits per heavy atom. The van der Waals surface area contributed by atoms with Gasteiger partial charge in [-0.05, 0) is 37.3 Å². The Morgan fingerprint density at radius 2 is 2.11 bits per heavy atom. The van der Waals surface area contributed by atoms with E-state index >= 15 is 0 Å². The summed E-state index contributed by atoms with van der Waals surface area (Å²) in [4.78, 5) is 13.9. The van der Waals surface area contributed by atoms with E-state index in [0.29, 0.717) is 17.9 Å². The van der Waals surface area contributed by atoms with Crippen molar-refractivity contribution >= 4 is 5.91 Å². The predicted octanol–water partition coefficient (Wildman–Crippen LogP) is 2.87. The van der Waals surface area contributed by atoms with E-state index in [1.54, 1.807) is 37.3 Å². The Morgan fingerprint density at radius 3 is 2.74 bits per heavy atom. The maximum Gasteiger partial charge on any atom is 0.254 e. The molecule has 0 saturated carbocycles. The van der Waals surface area contributed by atoms with Crippen LogP contribution in [0.25, 0.3) is 0 Å². The third-order valence-electron chi connectivity index (χ3n) is 2.85. The van der Waals surface area contributed by atoms with Crippen LogP contribution in [0.2, 0.25) is 0 Å². The van der Waals surface area contributed by atoms with Crippen molar-refractivity contribution in [2.45, 2.75) is 13.5 Å². The van der Waals surface area contributed by atoms with Crippen LogP contribution in [0.15, 0.2) is 40.8 Å². The zero-order chi connectivity index (χ0) is 13.8. The van der Waals surface area contributed by atoms with Crippen LogP contribution in [0, 0.1) is 6.92 Å². The van der Waals surface area contributed by atoms with E-state index in [-0.39, 0.29) is 5.91 Å². The van der Waals surface area contributed by atoms with Crippen LogP contribution < -0.4 is 4.74 Å². The average Bonchev–Trinajstić information content (AvgIpc) is 2.83. The second-order valence-corrected chi connectivity index (χ2v) is 4.41. The zero-order valence-corrected chi connectivity index (χ0v) is 11.3. The van der Waals surface area contributed by atoms with Crippen molar-refractivity contribution in [2.75, 3.05) is 14.2 Å². The first-order valence-corrected chi connectivity index (χ1v) is 6.05. The summed E-state index contributed by atoms with van der Waals surface area (Å²) in [5.41, 5.74) is 0.602. The summed E-state index contributed by atoms with van der Waals surface area (Å²) in [6.45, 7) is 2.33. The first-order valence-electron chi connectivity index (χ1n) is 6.05. The lowest BCUT2D eigenvalue weighted by atomic mass is 10.2. The largest absolute Gasteiger partial charge is 0.497 e. The number of rotatable bonds is 4. The van der Waals surface area contributed by atoms with Crippen molar-refractivity contribution in [3.05, 3.63) is 53.5 Å². The maximum absolute atomic E-state index is 12.3. The number of aryl methyl sites for hydroxylation is 1. The van der Waals surface area contributed by atoms with Gasteiger partial charge in [0.1, 0.15) is 17.3 Å². The van der Waals surface area contributed by atoms with Gasteiger partial charge in [0.2, 0.25) is 0 Å². The molecule has 0 bridgehead atoms. The van der Waals surface area contributed by atoms with Crippen LogP contribution in [0.4, 0.5) is 0 Å². The molecule has 0 spiro atoms. The minimum absolute atomic E-state index is 0.0621. The molecule has 1 aromatic heterocycles. The first kappa shape index (κ1) is 13.2. The molecule has 0 saturated heterocycles. The van der Waals surface area contributed by atoms with Crippen molar-refractivity contribution < 1.29 is 13.9 Å². The van der Waals surface area contributed by atoms with E-state index in [2.05, 4.69) is 0 Å². The normalized spacial score (nSPS) is 10.3. The number of carbonyl (C=O) groups excluding carboxylic acids is 1. The van der Waals surface area contributed by atoms with Gasteiger partial charge in [-0.3, -0.25) is 4.79 Å². The summed E-state index contributed by atoms with van der Waals surface area (Å²) in [7, 11) is 3.33. The molecule has 0 N–H and O–H groups in total. The van der Waals surface area contributed by atoms with Crippen LogP contribution in [-0.4, -0.2) is 25.0 Å². The number of furan rings is 1. The minimum atomic E-state index is -0.0621. The molecule has 1 aromatic carbocycles. The molecule has 0 radical (unpaired) electrons. The number of hydrogen-bond donors (Lipinski definition) is 0. The summed E-state index contributed by atoms with van der Waals surface area (Å²) in [5.74, 6) is 2.23. The van der Waals surface area contributed by atoms with E-state index in [1.165, 1.54) is 0 Å². The number of ether oxygens (including phenoxy) is 1. The summed E-state index contributed by atoms with van der Waals surface area (Å²) >= 11 is 0. The van der Waals surface area contributed by atoms with Crippen molar-refractivity contribution in [1.29, 1.82) is 0 Å². The molecule has 2 aromatic rings. The highest BCUT2D eigenvalue weighted by molar-refractivity contribution is 5.94. The number of nitrogens with zero attached hydrogens (tertiary/aromatic N) is 1. The van der Waals surface area contributed by atoms with Gasteiger partial charge in [0.15, 0.2) is 0 Å². The molecule has 100 valence electrons. The summed E-state index contributed by atoms with van der Waals surface area (Å²) in [6.07, 6.45) is 0. The van der Waals surface area contributed by atoms with Gasteiger partial charge in [0.25, 0.3) is 5.91 Å². The van der Waals surface area contributed by atoms with E-state index in [1.807, 2.05) is 25.1 Å². The predicted molar refractivity (Wildman–Crippen MR) is 72.2 cm³/mol. The average molecular weight is 259 g/mol. The lowest BCUT2D eigenvalue weighted by Crippen LogP contribution is -2.25. The topological polar surface area (TPSA) is 42.7 Å². The quantitative estimate of drug-likeness (QED) is 0.848. The number of hydrogen-bond acceptors (Lipinski definition) is 3. The summed E-state index contributed by atoms with van der Waals surface area (Å²) in [5, 5.41) is 0. The lowest BCUT2D eigenvalue weighted by Gasteiger charge is -2.16. The molecule has 1 amide bonds. The van der Waals surface area contributed by atoms with Crippen LogP contribution in [0.1, 0.15) is 21.9 Å². The Balaban J connectivity index is 2.09. The van der Waals surface area contributed by atoms with Gasteiger partial charge in [0.05, 0.1) is 13.7 Å². The molecular weight excluding hydrogens is 242 g/mol. The van der Waals surface area contributed by atoms with E-state index < -0.39 is 0 Å². The second kappa shape index (κ2) is 5.61. The van der Waals surface area contributed by atoms with Crippen LogP contribution in [-0.2, 0) is 6.54 Å². The number of benzene rings is 1. The molecule has 0 aliphatic carbocycles. The van der Waals surface area contributed by atoms with Gasteiger partial charge in [0, 0.05) is 12.6 Å². The van der Waals surface area contributed by atoms with Crippen molar-refractivity contribution in [2.24, 2.45) is 0 Å². The minimum Gasteiger partial charge on any atom is -0.497 e. The van der Waals surface area contributed by atoms with Gasteiger partial charge in [-0.1, -0.05) is 6.07 Å². The Kier molecular flexibility index (Phi) is 3.90. The number of carbonyl (C=O) groups is 1. The summed E-state index contributed by atoms with van der Waals surface area (Å²) < 4.78 is 10.6. The van der Waals surface area contributed by atoms with Gasteiger partial charge in [-0.2, -0.15) is 0 Å². The smallest absolute Gasteiger partial charge is 0.254 e. The van der Waals surface area contributed by atoms with Gasteiger partial charge in [-0.25, -0.2) is 0 Å². The third-order valence-corrected chi connectivity index (χ3v) is 2.85. The third kappa shape index (κ3) is 3.16. The molecule has 4 nitrogen and oxygen atoms in total. The van der Waals surface area contributed by atoms with Crippen LogP contribution in [0.5, 0.6) is 5.75 Å². The Labute approximate surface area is 112 Å². The SMILES string of the molecule is COc1cccc(C(=O)N(C)Cc2ccc(C)o2)c1. The summed E-state index contributed by atoms with van der Waals surface area (Å²) in [6, 6.07) is 10.9. The fourth-order valence-electron chi connectivity index (χ4n) is 1.85. The number of methoxy groups -OCH3 is 1. The van der Waals surface area contributed by atoms with Gasteiger partial charge < -0.3 is 14.1 Å². The van der Waals surface area contributed by atoms with Crippen molar-refractivity contribution in [3.8, 4) is 5.75 Å². The standard InChI is InChI=1S/C15H17NO3/c1-11-7-8-14(19-11)10-16(2)15(17)12-5-4-6-13(9-12)18-3/h4-9H,10H2,1-3H3. The second-order valence-electron chi connectivity index (χ2n) is 4.41. The Hall–Kier alpha value is -2.23. The highest BCUT2D eigenvalue weighted by Gasteiger charge is 2.14. The number of amides is 1. The maximum atomic E-state index is 12.3. The highest BCUT2D eigenvalue weighted by Crippen LogP contribution is 2.15. The molecule has 1 heterocycles.